The number of rotatable bonds is 6. The van der Waals surface area contributed by atoms with Crippen molar-refractivity contribution in [1.82, 2.24) is 15.0 Å². The van der Waals surface area contributed by atoms with Gasteiger partial charge in [-0.3, -0.25) is 0 Å². The number of aromatic nitrogens is 3. The van der Waals surface area contributed by atoms with E-state index in [0.717, 1.165) is 50.1 Å². The van der Waals surface area contributed by atoms with Crippen LogP contribution < -0.4 is 0 Å². The molecule has 0 unspecified atom stereocenters. The first-order valence-corrected chi connectivity index (χ1v) is 14.8. The van der Waals surface area contributed by atoms with E-state index in [4.69, 9.17) is 26.8 Å². The second kappa shape index (κ2) is 12.5. The maximum atomic E-state index is 9.17. The normalized spacial score (nSPS) is 10.6. The summed E-state index contributed by atoms with van der Waals surface area (Å²) in [6.45, 7) is 7.38. The monoisotopic (exact) mass is 587 g/mol. The summed E-state index contributed by atoms with van der Waals surface area (Å²) in [6, 6.07) is 52.1. The molecule has 0 radical (unpaired) electrons. The minimum absolute atomic E-state index is 0.572. The lowest BCUT2D eigenvalue weighted by atomic mass is 9.94. The van der Waals surface area contributed by atoms with Crippen LogP contribution in [0.3, 0.4) is 0 Å². The molecule has 0 aliphatic rings. The topological polar surface area (TPSA) is 66.8 Å². The summed E-state index contributed by atoms with van der Waals surface area (Å²) in [5.74, 6) is 1.77. The zero-order valence-electron chi connectivity index (χ0n) is 24.7. The molecule has 0 fully saturated rings. The van der Waals surface area contributed by atoms with Crippen molar-refractivity contribution in [2.24, 2.45) is 0 Å². The molecular formula is C41H25N5. The van der Waals surface area contributed by atoms with Crippen molar-refractivity contribution in [3.05, 3.63) is 169 Å². The van der Waals surface area contributed by atoms with Gasteiger partial charge in [-0.2, -0.15) is 5.26 Å². The zero-order chi connectivity index (χ0) is 31.3. The van der Waals surface area contributed by atoms with Gasteiger partial charge in [-0.15, -0.1) is 0 Å². The molecule has 214 valence electrons. The van der Waals surface area contributed by atoms with Gasteiger partial charge in [0.1, 0.15) is 0 Å². The summed E-state index contributed by atoms with van der Waals surface area (Å²) in [5.41, 5.74) is 10.1. The summed E-state index contributed by atoms with van der Waals surface area (Å²) in [7, 11) is 0. The predicted molar refractivity (Wildman–Crippen MR) is 183 cm³/mol. The summed E-state index contributed by atoms with van der Waals surface area (Å²) < 4.78 is 0. The van der Waals surface area contributed by atoms with E-state index in [1.54, 1.807) is 0 Å². The van der Waals surface area contributed by atoms with Crippen molar-refractivity contribution in [2.45, 2.75) is 0 Å². The highest BCUT2D eigenvalue weighted by molar-refractivity contribution is 5.81. The zero-order valence-corrected chi connectivity index (χ0v) is 24.7. The fourth-order valence-corrected chi connectivity index (χ4v) is 5.35. The van der Waals surface area contributed by atoms with Crippen molar-refractivity contribution < 1.29 is 0 Å². The highest BCUT2D eigenvalue weighted by Crippen LogP contribution is 2.35. The maximum Gasteiger partial charge on any atom is 0.187 e. The van der Waals surface area contributed by atoms with Crippen LogP contribution in [-0.2, 0) is 0 Å². The van der Waals surface area contributed by atoms with Gasteiger partial charge >= 0.3 is 0 Å². The summed E-state index contributed by atoms with van der Waals surface area (Å²) >= 11 is 0. The van der Waals surface area contributed by atoms with Crippen LogP contribution in [0.15, 0.2) is 152 Å². The molecule has 0 N–H and O–H groups in total. The van der Waals surface area contributed by atoms with E-state index in [0.29, 0.717) is 28.7 Å². The number of hydrogen-bond acceptors (Lipinski definition) is 4. The van der Waals surface area contributed by atoms with Crippen LogP contribution in [0.5, 0.6) is 0 Å². The van der Waals surface area contributed by atoms with Crippen molar-refractivity contribution in [3.8, 4) is 73.6 Å². The second-order valence-corrected chi connectivity index (χ2v) is 10.8. The van der Waals surface area contributed by atoms with Crippen LogP contribution in [-0.4, -0.2) is 15.0 Å². The van der Waals surface area contributed by atoms with E-state index in [-0.39, 0.29) is 0 Å². The smallest absolute Gasteiger partial charge is 0.187 e. The molecule has 0 amide bonds. The van der Waals surface area contributed by atoms with Crippen molar-refractivity contribution >= 4 is 5.69 Å². The molecule has 5 nitrogen and oxygen atoms in total. The van der Waals surface area contributed by atoms with Gasteiger partial charge in [-0.25, -0.2) is 19.8 Å². The lowest BCUT2D eigenvalue weighted by Gasteiger charge is -2.13. The molecule has 6 aromatic carbocycles. The quantitative estimate of drug-likeness (QED) is 0.182. The predicted octanol–water partition coefficient (Wildman–Crippen LogP) is 10.3. The molecule has 0 spiro atoms. The van der Waals surface area contributed by atoms with Crippen LogP contribution in [0.2, 0.25) is 0 Å². The SMILES string of the molecule is [C-]#[N+]c1ccc(-c2cc(-c3ccc(-c4ccc(C#N)cc4)cc3)cc(-c3nc(-c4ccccc4)nc(-c4ccccc4)n3)c2)cc1. The molecule has 0 saturated heterocycles. The molecule has 1 aromatic heterocycles. The molecule has 7 rings (SSSR count). The van der Waals surface area contributed by atoms with Gasteiger partial charge in [0.05, 0.1) is 18.2 Å². The Morgan fingerprint density at radius 2 is 0.783 bits per heavy atom. The van der Waals surface area contributed by atoms with E-state index >= 15 is 0 Å². The van der Waals surface area contributed by atoms with E-state index < -0.39 is 0 Å². The van der Waals surface area contributed by atoms with Crippen molar-refractivity contribution in [3.63, 3.8) is 0 Å². The molecule has 0 atom stereocenters. The fraction of sp³-hybridized carbons (Fsp3) is 0. The van der Waals surface area contributed by atoms with Crippen molar-refractivity contribution in [2.75, 3.05) is 0 Å². The lowest BCUT2D eigenvalue weighted by Crippen LogP contribution is -2.00. The van der Waals surface area contributed by atoms with Gasteiger partial charge in [0.25, 0.3) is 0 Å². The highest BCUT2D eigenvalue weighted by atomic mass is 15.0. The van der Waals surface area contributed by atoms with Crippen LogP contribution in [0.1, 0.15) is 5.56 Å². The third kappa shape index (κ3) is 5.90. The van der Waals surface area contributed by atoms with Gasteiger partial charge in [-0.05, 0) is 63.7 Å². The summed E-state index contributed by atoms with van der Waals surface area (Å²) in [6.07, 6.45) is 0. The first-order chi connectivity index (χ1) is 22.7. The molecule has 5 heteroatoms. The Hall–Kier alpha value is -6.69. The standard InChI is InChI=1S/C41H25N5/c1-43-38-22-20-32(21-23-38)36-24-35(31-18-16-30(17-19-31)29-14-12-28(27-42)13-15-29)25-37(26-36)41-45-39(33-8-4-2-5-9-33)44-40(46-41)34-10-6-3-7-11-34/h2-26H. The Balaban J connectivity index is 1.38. The summed E-state index contributed by atoms with van der Waals surface area (Å²) in [4.78, 5) is 18.4. The largest absolute Gasteiger partial charge is 0.238 e. The Morgan fingerprint density at radius 3 is 1.22 bits per heavy atom. The molecule has 0 aliphatic heterocycles. The fourth-order valence-electron chi connectivity index (χ4n) is 5.35. The van der Waals surface area contributed by atoms with Gasteiger partial charge in [0.2, 0.25) is 0 Å². The van der Waals surface area contributed by atoms with Crippen LogP contribution >= 0.6 is 0 Å². The Kier molecular flexibility index (Phi) is 7.64. The number of hydrogen-bond donors (Lipinski definition) is 0. The highest BCUT2D eigenvalue weighted by Gasteiger charge is 2.15. The number of nitrogens with zero attached hydrogens (tertiary/aromatic N) is 5. The third-order valence-corrected chi connectivity index (χ3v) is 7.79. The maximum absolute atomic E-state index is 9.17. The van der Waals surface area contributed by atoms with Crippen LogP contribution in [0.4, 0.5) is 5.69 Å². The first-order valence-electron chi connectivity index (χ1n) is 14.8. The van der Waals surface area contributed by atoms with E-state index in [1.165, 1.54) is 0 Å². The molecule has 7 aromatic rings. The van der Waals surface area contributed by atoms with Gasteiger partial charge < -0.3 is 0 Å². The average molecular weight is 588 g/mol. The Labute approximate surface area is 267 Å². The van der Waals surface area contributed by atoms with E-state index in [1.807, 2.05) is 109 Å². The molecule has 1 heterocycles. The van der Waals surface area contributed by atoms with Gasteiger partial charge in [-0.1, -0.05) is 121 Å². The second-order valence-electron chi connectivity index (χ2n) is 10.8. The van der Waals surface area contributed by atoms with E-state index in [9.17, 15) is 0 Å². The molecule has 0 bridgehead atoms. The third-order valence-electron chi connectivity index (χ3n) is 7.79. The Morgan fingerprint density at radius 1 is 0.413 bits per heavy atom. The van der Waals surface area contributed by atoms with Gasteiger partial charge in [0, 0.05) is 16.7 Å². The van der Waals surface area contributed by atoms with Crippen molar-refractivity contribution in [1.29, 1.82) is 5.26 Å². The number of nitriles is 1. The molecule has 0 aliphatic carbocycles. The average Bonchev–Trinajstić information content (AvgIpc) is 3.15. The van der Waals surface area contributed by atoms with Gasteiger partial charge in [0.15, 0.2) is 23.2 Å². The Bertz CT molecular complexity index is 2170. The summed E-state index contributed by atoms with van der Waals surface area (Å²) in [5, 5.41) is 9.17. The van der Waals surface area contributed by atoms with Crippen LogP contribution in [0, 0.1) is 17.9 Å². The van der Waals surface area contributed by atoms with Crippen LogP contribution in [0.25, 0.3) is 72.4 Å². The molecular weight excluding hydrogens is 562 g/mol. The minimum atomic E-state index is 0.572. The van der Waals surface area contributed by atoms with E-state index in [2.05, 4.69) is 53.4 Å². The lowest BCUT2D eigenvalue weighted by molar-refractivity contribution is 1.07. The first kappa shape index (κ1) is 28.1. The minimum Gasteiger partial charge on any atom is -0.238 e. The molecule has 0 saturated carbocycles. The molecule has 46 heavy (non-hydrogen) atoms. The number of benzene rings is 6.